The average molecular weight is 339 g/mol. The number of nitrogens with zero attached hydrogens (tertiary/aromatic N) is 1. The Labute approximate surface area is 147 Å². The highest BCUT2D eigenvalue weighted by Gasteiger charge is 2.47. The first-order valence-corrected chi connectivity index (χ1v) is 8.36. The van der Waals surface area contributed by atoms with Gasteiger partial charge >= 0.3 is 5.97 Å². The molecule has 130 valence electrons. The summed E-state index contributed by atoms with van der Waals surface area (Å²) in [6.45, 7) is 1.84. The fourth-order valence-electron chi connectivity index (χ4n) is 4.15. The molecule has 0 amide bonds. The third kappa shape index (κ3) is 2.82. The van der Waals surface area contributed by atoms with Crippen LogP contribution in [0, 0.1) is 22.7 Å². The Morgan fingerprint density at radius 1 is 1.36 bits per heavy atom. The Balaban J connectivity index is 2.10. The molecule has 2 aliphatic rings. The van der Waals surface area contributed by atoms with Crippen LogP contribution in [0.4, 0.5) is 0 Å². The molecule has 0 heterocycles. The van der Waals surface area contributed by atoms with Crippen molar-refractivity contribution in [3.63, 3.8) is 0 Å². The summed E-state index contributed by atoms with van der Waals surface area (Å²) in [6.07, 6.45) is 3.17. The highest BCUT2D eigenvalue weighted by molar-refractivity contribution is 6.00. The minimum Gasteiger partial charge on any atom is -0.497 e. The maximum absolute atomic E-state index is 12.7. The van der Waals surface area contributed by atoms with Gasteiger partial charge in [-0.3, -0.25) is 4.79 Å². The van der Waals surface area contributed by atoms with E-state index in [-0.39, 0.29) is 17.6 Å². The molecule has 0 saturated heterocycles. The van der Waals surface area contributed by atoms with Gasteiger partial charge in [-0.1, -0.05) is 6.07 Å². The molecule has 0 aliphatic heterocycles. The summed E-state index contributed by atoms with van der Waals surface area (Å²) in [5.74, 6) is 0.175. The van der Waals surface area contributed by atoms with Gasteiger partial charge in [0.05, 0.1) is 25.7 Å². The second kappa shape index (κ2) is 6.36. The van der Waals surface area contributed by atoms with Gasteiger partial charge in [-0.05, 0) is 54.9 Å². The largest absolute Gasteiger partial charge is 0.497 e. The Bertz CT molecular complexity index is 804. The van der Waals surface area contributed by atoms with E-state index in [1.807, 2.05) is 19.1 Å². The van der Waals surface area contributed by atoms with Crippen molar-refractivity contribution in [1.29, 1.82) is 5.26 Å². The van der Waals surface area contributed by atoms with Crippen LogP contribution in [0.2, 0.25) is 0 Å². The van der Waals surface area contributed by atoms with Crippen LogP contribution in [-0.4, -0.2) is 26.0 Å². The maximum atomic E-state index is 12.7. The monoisotopic (exact) mass is 339 g/mol. The maximum Gasteiger partial charge on any atom is 0.330 e. The van der Waals surface area contributed by atoms with E-state index >= 15 is 0 Å². The van der Waals surface area contributed by atoms with Crippen LogP contribution in [0.15, 0.2) is 29.8 Å². The Morgan fingerprint density at radius 2 is 2.12 bits per heavy atom. The molecule has 0 spiro atoms. The molecule has 2 aliphatic carbocycles. The molecule has 0 bridgehead atoms. The third-order valence-electron chi connectivity index (χ3n) is 5.56. The Kier molecular flexibility index (Phi) is 4.38. The minimum absolute atomic E-state index is 0.0214. The fraction of sp³-hybridized carbons (Fsp3) is 0.450. The highest BCUT2D eigenvalue weighted by atomic mass is 16.5. The van der Waals surface area contributed by atoms with Gasteiger partial charge in [0.15, 0.2) is 5.78 Å². The number of carbonyl (C=O) groups is 2. The van der Waals surface area contributed by atoms with Crippen molar-refractivity contribution >= 4 is 11.8 Å². The Hall–Kier alpha value is -2.61. The first-order chi connectivity index (χ1) is 11.9. The number of methoxy groups -OCH3 is 2. The number of allylic oxidation sites excluding steroid dienone is 1. The number of ketones is 1. The quantitative estimate of drug-likeness (QED) is 0.609. The van der Waals surface area contributed by atoms with Gasteiger partial charge in [0.25, 0.3) is 0 Å². The highest BCUT2D eigenvalue weighted by Crippen LogP contribution is 2.54. The number of rotatable bonds is 2. The van der Waals surface area contributed by atoms with E-state index < -0.39 is 11.4 Å². The number of esters is 1. The van der Waals surface area contributed by atoms with Gasteiger partial charge in [0.2, 0.25) is 0 Å². The van der Waals surface area contributed by atoms with Crippen molar-refractivity contribution in [3.05, 3.63) is 41.0 Å². The lowest BCUT2D eigenvalue weighted by molar-refractivity contribution is -0.135. The standard InChI is InChI=1S/C20H21NO4/c1-20(11-21)7-6-14-13-5-4-12(24-2)8-16(13)18(22)9-15(14)17(20)10-19(23)25-3/h4-5,8,10,14-15H,6-7,9H2,1-3H3/b17-10+/t14-,15+,20+/m0/s1. The summed E-state index contributed by atoms with van der Waals surface area (Å²) in [7, 11) is 2.89. The Morgan fingerprint density at radius 3 is 2.76 bits per heavy atom. The summed E-state index contributed by atoms with van der Waals surface area (Å²) >= 11 is 0. The van der Waals surface area contributed by atoms with Crippen LogP contribution in [0.5, 0.6) is 5.75 Å². The van der Waals surface area contributed by atoms with Crippen LogP contribution < -0.4 is 4.74 Å². The molecule has 0 aromatic heterocycles. The van der Waals surface area contributed by atoms with E-state index in [0.717, 1.165) is 12.0 Å². The predicted octanol–water partition coefficient (Wildman–Crippen LogP) is 3.40. The zero-order chi connectivity index (χ0) is 18.2. The van der Waals surface area contributed by atoms with Gasteiger partial charge in [0.1, 0.15) is 5.75 Å². The molecule has 0 N–H and O–H groups in total. The fourth-order valence-corrected chi connectivity index (χ4v) is 4.15. The molecule has 1 aromatic carbocycles. The number of ether oxygens (including phenoxy) is 2. The molecule has 0 unspecified atom stereocenters. The van der Waals surface area contributed by atoms with Crippen LogP contribution in [0.3, 0.4) is 0 Å². The van der Waals surface area contributed by atoms with Crippen molar-refractivity contribution in [2.75, 3.05) is 14.2 Å². The van der Waals surface area contributed by atoms with Crippen molar-refractivity contribution < 1.29 is 19.1 Å². The SMILES string of the molecule is COC(=O)/C=C1\[C@@H]2CC(=O)c3cc(OC)ccc3[C@@H]2CC[C@]1(C)C#N. The van der Waals surface area contributed by atoms with E-state index in [9.17, 15) is 14.9 Å². The molecule has 1 aromatic rings. The first-order valence-electron chi connectivity index (χ1n) is 8.36. The number of carbonyl (C=O) groups excluding carboxylic acids is 2. The molecule has 3 atom stereocenters. The molecular formula is C20H21NO4. The van der Waals surface area contributed by atoms with Crippen LogP contribution in [-0.2, 0) is 9.53 Å². The zero-order valence-corrected chi connectivity index (χ0v) is 14.7. The van der Waals surface area contributed by atoms with Crippen LogP contribution >= 0.6 is 0 Å². The van der Waals surface area contributed by atoms with Gasteiger partial charge in [0, 0.05) is 18.1 Å². The first kappa shape index (κ1) is 17.2. The third-order valence-corrected chi connectivity index (χ3v) is 5.56. The van der Waals surface area contributed by atoms with E-state index in [1.165, 1.54) is 13.2 Å². The van der Waals surface area contributed by atoms with Gasteiger partial charge < -0.3 is 9.47 Å². The summed E-state index contributed by atoms with van der Waals surface area (Å²) in [5.41, 5.74) is 1.64. The second-order valence-electron chi connectivity index (χ2n) is 6.90. The van der Waals surface area contributed by atoms with Crippen molar-refractivity contribution in [2.45, 2.75) is 32.1 Å². The zero-order valence-electron chi connectivity index (χ0n) is 14.7. The van der Waals surface area contributed by atoms with Crippen LogP contribution in [0.1, 0.15) is 48.0 Å². The lowest BCUT2D eigenvalue weighted by atomic mass is 9.58. The predicted molar refractivity (Wildman–Crippen MR) is 91.2 cm³/mol. The molecule has 5 nitrogen and oxygen atoms in total. The summed E-state index contributed by atoms with van der Waals surface area (Å²) < 4.78 is 10.0. The number of hydrogen-bond donors (Lipinski definition) is 0. The number of Topliss-reactive ketones (excluding diaryl/α,β-unsaturated/α-hetero) is 1. The van der Waals surface area contributed by atoms with Crippen molar-refractivity contribution in [1.82, 2.24) is 0 Å². The molecule has 3 rings (SSSR count). The summed E-state index contributed by atoms with van der Waals surface area (Å²) in [5, 5.41) is 9.68. The summed E-state index contributed by atoms with van der Waals surface area (Å²) in [4.78, 5) is 24.6. The smallest absolute Gasteiger partial charge is 0.330 e. The summed E-state index contributed by atoms with van der Waals surface area (Å²) in [6, 6.07) is 7.93. The average Bonchev–Trinajstić information content (AvgIpc) is 2.63. The number of fused-ring (bicyclic) bond motifs is 3. The van der Waals surface area contributed by atoms with Gasteiger partial charge in [-0.15, -0.1) is 0 Å². The lowest BCUT2D eigenvalue weighted by Gasteiger charge is -2.44. The normalized spacial score (nSPS) is 29.4. The molecular weight excluding hydrogens is 318 g/mol. The van der Waals surface area contributed by atoms with E-state index in [2.05, 4.69) is 6.07 Å². The minimum atomic E-state index is -0.750. The lowest BCUT2D eigenvalue weighted by Crippen LogP contribution is -2.37. The molecule has 25 heavy (non-hydrogen) atoms. The van der Waals surface area contributed by atoms with Gasteiger partial charge in [-0.2, -0.15) is 5.26 Å². The molecule has 1 saturated carbocycles. The van der Waals surface area contributed by atoms with Crippen molar-refractivity contribution in [2.24, 2.45) is 11.3 Å². The number of benzene rings is 1. The van der Waals surface area contributed by atoms with Gasteiger partial charge in [-0.25, -0.2) is 4.79 Å². The van der Waals surface area contributed by atoms with E-state index in [4.69, 9.17) is 9.47 Å². The van der Waals surface area contributed by atoms with Crippen molar-refractivity contribution in [3.8, 4) is 11.8 Å². The number of hydrogen-bond acceptors (Lipinski definition) is 5. The van der Waals surface area contributed by atoms with E-state index in [1.54, 1.807) is 13.2 Å². The molecule has 0 radical (unpaired) electrons. The molecule has 5 heteroatoms. The topological polar surface area (TPSA) is 76.4 Å². The van der Waals surface area contributed by atoms with Crippen LogP contribution in [0.25, 0.3) is 0 Å². The second-order valence-corrected chi connectivity index (χ2v) is 6.90. The van der Waals surface area contributed by atoms with E-state index in [0.29, 0.717) is 29.7 Å². The molecule has 1 fully saturated rings. The number of nitriles is 1.